The topological polar surface area (TPSA) is 198 Å². The Kier molecular flexibility index (Phi) is 16.7. The standard InChI is InChI=1S/C53H55F2N9O8S.3H2S/c1-53(2,55)45(61-52(68)70-4)49(66)63-18-8-11-38(63)47-56-26-34(58-47)29-13-14-36-32(21-29)23-39-43-33(54)22-31(24-40(43)72-50(64(36)39)42-25-30-9-5-6-12-41(30)73-42)35-27-57-46(59-35)37-10-7-17-62(37)48(65)44(60-51(67)69-3)28-15-19-71-20-16-28;;;/h5-6,9,12-14,21-28,37-38,44-45,50H,7-8,10-11,15-20H2,1-4H3,(H,56,58)(H,57,59)(H,60,67)(H,61,68);3*1H2/t37-,38-,44-,45?,50?;;;/m0.../s1. The van der Waals surface area contributed by atoms with Crippen molar-refractivity contribution in [3.8, 4) is 39.5 Å². The third kappa shape index (κ3) is 10.5. The molecule has 2 unspecified atom stereocenters. The summed E-state index contributed by atoms with van der Waals surface area (Å²) in [6, 6.07) is 18.3. The summed E-state index contributed by atoms with van der Waals surface area (Å²) >= 11 is 1.60. The first-order chi connectivity index (χ1) is 35.3. The molecule has 4 amide bonds. The minimum Gasteiger partial charge on any atom is -0.464 e. The Bertz CT molecular complexity index is 3250. The van der Waals surface area contributed by atoms with Gasteiger partial charge in [0.1, 0.15) is 41.0 Å². The minimum atomic E-state index is -2.07. The van der Waals surface area contributed by atoms with Gasteiger partial charge in [0.05, 0.1) is 71.7 Å². The third-order valence-corrected chi connectivity index (χ3v) is 15.8. The number of carbonyl (C=O) groups is 4. The monoisotopic (exact) mass is 1120 g/mol. The fourth-order valence-electron chi connectivity index (χ4n) is 11.0. The van der Waals surface area contributed by atoms with Crippen LogP contribution in [0.25, 0.3) is 54.8 Å². The van der Waals surface area contributed by atoms with Gasteiger partial charge in [-0.15, -0.1) is 11.3 Å². The molecule has 3 aromatic carbocycles. The number of fused-ring (bicyclic) bond motifs is 6. The van der Waals surface area contributed by atoms with E-state index in [2.05, 4.69) is 43.5 Å². The molecule has 8 heterocycles. The highest BCUT2D eigenvalue weighted by Gasteiger charge is 2.44. The zero-order chi connectivity index (χ0) is 50.7. The van der Waals surface area contributed by atoms with Gasteiger partial charge in [-0.3, -0.25) is 14.2 Å². The molecule has 7 aromatic rings. The molecule has 4 aliphatic heterocycles. The van der Waals surface area contributed by atoms with Crippen molar-refractivity contribution in [1.29, 1.82) is 0 Å². The number of hydrogen-bond acceptors (Lipinski definition) is 11. The van der Waals surface area contributed by atoms with Crippen LogP contribution in [0.2, 0.25) is 0 Å². The van der Waals surface area contributed by atoms with Crippen LogP contribution in [0.5, 0.6) is 5.75 Å². The molecular weight excluding hydrogens is 1060 g/mol. The number of ether oxygens (including phenoxy) is 4. The molecule has 76 heavy (non-hydrogen) atoms. The van der Waals surface area contributed by atoms with Gasteiger partial charge in [0, 0.05) is 47.5 Å². The van der Waals surface area contributed by atoms with Gasteiger partial charge in [-0.1, -0.05) is 24.3 Å². The normalized spacial score (nSPS) is 19.1. The molecule has 404 valence electrons. The number of hydrogen-bond donors (Lipinski definition) is 4. The lowest BCUT2D eigenvalue weighted by Crippen LogP contribution is -2.56. The number of amides is 4. The van der Waals surface area contributed by atoms with Crippen LogP contribution in [0.15, 0.2) is 79.1 Å². The van der Waals surface area contributed by atoms with Crippen LogP contribution in [-0.4, -0.2) is 117 Å². The van der Waals surface area contributed by atoms with Crippen LogP contribution in [-0.2, 0) is 23.8 Å². The Morgan fingerprint density at radius 2 is 1.41 bits per heavy atom. The highest BCUT2D eigenvalue weighted by Crippen LogP contribution is 2.49. The molecule has 0 radical (unpaired) electrons. The van der Waals surface area contributed by atoms with Gasteiger partial charge in [-0.05, 0) is 106 Å². The highest BCUT2D eigenvalue weighted by atomic mass is 32.1. The quantitative estimate of drug-likeness (QED) is 0.0968. The van der Waals surface area contributed by atoms with Crippen molar-refractivity contribution < 1.29 is 46.9 Å². The predicted octanol–water partition coefficient (Wildman–Crippen LogP) is 9.67. The summed E-state index contributed by atoms with van der Waals surface area (Å²) in [4.78, 5) is 73.1. The third-order valence-electron chi connectivity index (χ3n) is 14.7. The molecule has 4 N–H and O–H groups in total. The fraction of sp³-hybridized carbons (Fsp3) is 0.396. The number of H-pyrrole nitrogens is 2. The Morgan fingerprint density at radius 1 is 0.776 bits per heavy atom. The van der Waals surface area contributed by atoms with Crippen LogP contribution in [0.3, 0.4) is 0 Å². The van der Waals surface area contributed by atoms with Gasteiger partial charge in [0.2, 0.25) is 18.0 Å². The van der Waals surface area contributed by atoms with Crippen molar-refractivity contribution >= 4 is 96.8 Å². The maximum atomic E-state index is 17.1. The average molecular weight is 1120 g/mol. The van der Waals surface area contributed by atoms with Gasteiger partial charge < -0.3 is 49.3 Å². The number of benzene rings is 3. The summed E-state index contributed by atoms with van der Waals surface area (Å²) in [7, 11) is 2.44. The second kappa shape index (κ2) is 22.7. The van der Waals surface area contributed by atoms with Crippen molar-refractivity contribution in [3.05, 3.63) is 101 Å². The highest BCUT2D eigenvalue weighted by molar-refractivity contribution is 7.59. The van der Waals surface area contributed by atoms with Crippen LogP contribution >= 0.6 is 51.8 Å². The molecule has 0 spiro atoms. The second-order valence-electron chi connectivity index (χ2n) is 19.6. The minimum absolute atomic E-state index is 0. The molecule has 17 nitrogen and oxygen atoms in total. The lowest BCUT2D eigenvalue weighted by atomic mass is 9.90. The summed E-state index contributed by atoms with van der Waals surface area (Å²) < 4.78 is 57.6. The molecule has 4 aromatic heterocycles. The summed E-state index contributed by atoms with van der Waals surface area (Å²) in [6.45, 7) is 4.34. The van der Waals surface area contributed by atoms with E-state index < -0.39 is 53.9 Å². The van der Waals surface area contributed by atoms with E-state index in [0.717, 1.165) is 45.0 Å². The van der Waals surface area contributed by atoms with Crippen molar-refractivity contribution in [2.75, 3.05) is 40.5 Å². The number of halogens is 2. The number of nitrogens with one attached hydrogen (secondary N) is 4. The molecule has 0 saturated carbocycles. The SMILES string of the molecule is COC(=O)NC(C(=O)N1CCC[C@H]1c1ncc(-c2ccc3c(c2)cc2n3C(c3cc4ccccc4s3)Oc3cc(-c4cnc([C@@H]5CCCN5C(=O)[C@@H](NC(=O)OC)C5CCOCC5)[nH]4)cc(F)c3-2)[nH]1)C(C)(C)F.S.S.S. The summed E-state index contributed by atoms with van der Waals surface area (Å²) in [5.41, 5.74) is 2.22. The molecule has 5 atom stereocenters. The molecule has 11 rings (SSSR count). The second-order valence-corrected chi connectivity index (χ2v) is 20.7. The summed E-state index contributed by atoms with van der Waals surface area (Å²) in [5, 5.41) is 7.05. The van der Waals surface area contributed by atoms with Crippen LogP contribution in [0.4, 0.5) is 18.4 Å². The maximum Gasteiger partial charge on any atom is 0.407 e. The largest absolute Gasteiger partial charge is 0.464 e. The van der Waals surface area contributed by atoms with E-state index in [-0.39, 0.29) is 58.4 Å². The molecule has 0 bridgehead atoms. The Morgan fingerprint density at radius 3 is 2.05 bits per heavy atom. The van der Waals surface area contributed by atoms with E-state index in [0.29, 0.717) is 104 Å². The van der Waals surface area contributed by atoms with E-state index in [4.69, 9.17) is 24.2 Å². The number of rotatable bonds is 11. The molecule has 4 aliphatic rings. The van der Waals surface area contributed by atoms with Crippen LogP contribution in [0, 0.1) is 11.7 Å². The van der Waals surface area contributed by atoms with E-state index in [1.807, 2.05) is 47.0 Å². The number of alkyl carbamates (subject to hydrolysis) is 2. The number of aromatic nitrogens is 5. The van der Waals surface area contributed by atoms with Gasteiger partial charge in [-0.25, -0.2) is 28.3 Å². The Hall–Kier alpha value is -6.27. The molecule has 0 aliphatic carbocycles. The first kappa shape index (κ1) is 55.9. The van der Waals surface area contributed by atoms with Gasteiger partial charge in [0.15, 0.2) is 0 Å². The maximum absolute atomic E-state index is 17.1. The lowest BCUT2D eigenvalue weighted by Gasteiger charge is -2.34. The Labute approximate surface area is 462 Å². The molecule has 3 saturated heterocycles. The smallest absolute Gasteiger partial charge is 0.407 e. The number of imidazole rings is 2. The van der Waals surface area contributed by atoms with Crippen LogP contribution in [0.1, 0.15) is 87.2 Å². The van der Waals surface area contributed by atoms with Gasteiger partial charge >= 0.3 is 12.2 Å². The van der Waals surface area contributed by atoms with E-state index in [1.54, 1.807) is 33.5 Å². The molecule has 23 heteroatoms. The Balaban J connectivity index is 0.00000255. The van der Waals surface area contributed by atoms with Gasteiger partial charge in [-0.2, -0.15) is 40.5 Å². The number of nitrogens with zero attached hydrogens (tertiary/aromatic N) is 5. The first-order valence-corrected chi connectivity index (χ1v) is 25.4. The molecule has 3 fully saturated rings. The van der Waals surface area contributed by atoms with Crippen LogP contribution < -0.4 is 15.4 Å². The average Bonchev–Trinajstić information content (AvgIpc) is 4.26. The van der Waals surface area contributed by atoms with Crippen molar-refractivity contribution in [2.24, 2.45) is 5.92 Å². The lowest BCUT2D eigenvalue weighted by molar-refractivity contribution is -0.138. The number of thiophene rings is 1. The number of carbonyl (C=O) groups excluding carboxylic acids is 4. The van der Waals surface area contributed by atoms with Crippen molar-refractivity contribution in [3.63, 3.8) is 0 Å². The van der Waals surface area contributed by atoms with E-state index in [1.165, 1.54) is 27.0 Å². The molecular formula is C53H61F2N9O8S4. The zero-order valence-corrected chi connectivity index (χ0v) is 46.0. The number of methoxy groups -OCH3 is 2. The fourth-order valence-corrected chi connectivity index (χ4v) is 12.1. The summed E-state index contributed by atoms with van der Waals surface area (Å²) in [6.07, 6.45) is 5.02. The number of aromatic amines is 2. The van der Waals surface area contributed by atoms with E-state index >= 15 is 8.78 Å². The summed E-state index contributed by atoms with van der Waals surface area (Å²) in [5.74, 6) is 0.0562. The predicted molar refractivity (Wildman–Crippen MR) is 299 cm³/mol. The number of likely N-dealkylation sites (tertiary alicyclic amines) is 2. The van der Waals surface area contributed by atoms with E-state index in [9.17, 15) is 19.2 Å². The number of alkyl halides is 1. The first-order valence-electron chi connectivity index (χ1n) is 24.6. The zero-order valence-electron chi connectivity index (χ0n) is 42.2. The van der Waals surface area contributed by atoms with Crippen molar-refractivity contribution in [2.45, 2.75) is 88.4 Å². The van der Waals surface area contributed by atoms with Gasteiger partial charge in [0.25, 0.3) is 0 Å². The van der Waals surface area contributed by atoms with Crippen molar-refractivity contribution in [1.82, 2.24) is 44.9 Å².